The van der Waals surface area contributed by atoms with Crippen LogP contribution in [0.1, 0.15) is 21.5 Å². The Morgan fingerprint density at radius 3 is 2.28 bits per heavy atom. The number of carbonyl (C=O) groups is 1. The minimum atomic E-state index is -0.438. The highest BCUT2D eigenvalue weighted by atomic mass is 127. The Labute approximate surface area is 198 Å². The molecule has 5 nitrogen and oxygen atoms in total. The summed E-state index contributed by atoms with van der Waals surface area (Å²) < 4.78 is 2.60. The summed E-state index contributed by atoms with van der Waals surface area (Å²) in [6.07, 6.45) is 1.83. The van der Waals surface area contributed by atoms with Crippen molar-refractivity contribution in [2.45, 2.75) is 13.8 Å². The number of aromatic nitrogens is 2. The maximum Gasteiger partial charge on any atom is 0.270 e. The third kappa shape index (κ3) is 3.50. The molecule has 158 valence electrons. The number of halogens is 1. The van der Waals surface area contributed by atoms with Crippen molar-refractivity contribution in [3.8, 4) is 5.69 Å². The number of rotatable bonds is 3. The third-order valence-electron chi connectivity index (χ3n) is 5.60. The van der Waals surface area contributed by atoms with Crippen LogP contribution in [-0.2, 0) is 0 Å². The minimum Gasteiger partial charge on any atom is -0.354 e. The number of amides is 1. The van der Waals surface area contributed by atoms with Gasteiger partial charge in [0.1, 0.15) is 5.56 Å². The predicted molar refractivity (Wildman–Crippen MR) is 138 cm³/mol. The van der Waals surface area contributed by atoms with Gasteiger partial charge in [-0.05, 0) is 72.8 Å². The molecule has 0 bridgehead atoms. The molecule has 0 saturated heterocycles. The third-order valence-corrected chi connectivity index (χ3v) is 6.50. The van der Waals surface area contributed by atoms with Crippen LogP contribution in [0.25, 0.3) is 27.5 Å². The Balaban J connectivity index is 1.78. The van der Waals surface area contributed by atoms with Gasteiger partial charge in [0.25, 0.3) is 11.5 Å². The van der Waals surface area contributed by atoms with Gasteiger partial charge in [-0.1, -0.05) is 41.5 Å². The van der Waals surface area contributed by atoms with Gasteiger partial charge in [0, 0.05) is 37.4 Å². The van der Waals surface area contributed by atoms with Crippen molar-refractivity contribution < 1.29 is 4.79 Å². The fourth-order valence-corrected chi connectivity index (χ4v) is 4.70. The fraction of sp³-hybridized carbons (Fsp3) is 0.0769. The number of aryl methyl sites for hydroxylation is 2. The summed E-state index contributed by atoms with van der Waals surface area (Å²) in [5.41, 5.74) is 4.71. The van der Waals surface area contributed by atoms with Crippen LogP contribution in [0.4, 0.5) is 5.69 Å². The molecule has 5 aromatic rings. The molecule has 0 aliphatic carbocycles. The van der Waals surface area contributed by atoms with E-state index < -0.39 is 5.91 Å². The van der Waals surface area contributed by atoms with Crippen molar-refractivity contribution in [3.05, 3.63) is 104 Å². The van der Waals surface area contributed by atoms with Crippen LogP contribution in [0.3, 0.4) is 0 Å². The lowest BCUT2D eigenvalue weighted by molar-refractivity contribution is 0.102. The molecule has 3 aromatic carbocycles. The molecule has 0 unspecified atom stereocenters. The first kappa shape index (κ1) is 20.5. The standard InChI is InChI=1S/C26H20IN3O2/c1-15-6-10-17(11-7-15)28-25(31)23-24-19(22-20(27)4-3-5-21(22)29-24)14-30(26(23)32)18-12-8-16(2)9-13-18/h3-14,29H,1-2H3,(H,28,31). The van der Waals surface area contributed by atoms with Gasteiger partial charge >= 0.3 is 0 Å². The molecule has 0 radical (unpaired) electrons. The highest BCUT2D eigenvalue weighted by molar-refractivity contribution is 14.1. The van der Waals surface area contributed by atoms with Crippen molar-refractivity contribution in [1.82, 2.24) is 9.55 Å². The van der Waals surface area contributed by atoms with Crippen LogP contribution in [0.15, 0.2) is 77.7 Å². The quantitative estimate of drug-likeness (QED) is 0.282. The van der Waals surface area contributed by atoms with Crippen molar-refractivity contribution >= 4 is 56.0 Å². The number of anilines is 1. The molecule has 2 heterocycles. The maximum atomic E-state index is 13.6. The molecule has 0 atom stereocenters. The molecule has 6 heteroatoms. The van der Waals surface area contributed by atoms with Gasteiger partial charge < -0.3 is 10.3 Å². The number of benzene rings is 3. The number of hydrogen-bond acceptors (Lipinski definition) is 2. The minimum absolute atomic E-state index is 0.0932. The van der Waals surface area contributed by atoms with Gasteiger partial charge in [-0.2, -0.15) is 0 Å². The number of hydrogen-bond donors (Lipinski definition) is 2. The topological polar surface area (TPSA) is 66.9 Å². The zero-order valence-corrected chi connectivity index (χ0v) is 19.7. The summed E-state index contributed by atoms with van der Waals surface area (Å²) in [6, 6.07) is 21.1. The van der Waals surface area contributed by atoms with Gasteiger partial charge in [0.2, 0.25) is 0 Å². The van der Waals surface area contributed by atoms with E-state index in [1.807, 2.05) is 86.8 Å². The number of nitrogens with one attached hydrogen (secondary N) is 2. The van der Waals surface area contributed by atoms with E-state index in [2.05, 4.69) is 32.9 Å². The van der Waals surface area contributed by atoms with E-state index in [4.69, 9.17) is 0 Å². The normalized spacial score (nSPS) is 11.2. The number of nitrogens with zero attached hydrogens (tertiary/aromatic N) is 1. The van der Waals surface area contributed by atoms with E-state index in [0.29, 0.717) is 16.9 Å². The number of carbonyl (C=O) groups excluding carboxylic acids is 1. The zero-order valence-electron chi connectivity index (χ0n) is 17.6. The molecule has 32 heavy (non-hydrogen) atoms. The summed E-state index contributed by atoms with van der Waals surface area (Å²) in [4.78, 5) is 30.3. The molecule has 5 rings (SSSR count). The van der Waals surface area contributed by atoms with Crippen LogP contribution >= 0.6 is 22.6 Å². The van der Waals surface area contributed by atoms with Gasteiger partial charge in [-0.25, -0.2) is 0 Å². The molecule has 1 amide bonds. The van der Waals surface area contributed by atoms with Gasteiger partial charge in [-0.15, -0.1) is 0 Å². The van der Waals surface area contributed by atoms with Crippen molar-refractivity contribution in [3.63, 3.8) is 0 Å². The smallest absolute Gasteiger partial charge is 0.270 e. The summed E-state index contributed by atoms with van der Waals surface area (Å²) in [7, 11) is 0. The van der Waals surface area contributed by atoms with Gasteiger partial charge in [-0.3, -0.25) is 14.2 Å². The Morgan fingerprint density at radius 2 is 1.59 bits per heavy atom. The van der Waals surface area contributed by atoms with Crippen LogP contribution in [0.2, 0.25) is 0 Å². The lowest BCUT2D eigenvalue weighted by Gasteiger charge is -2.11. The predicted octanol–water partition coefficient (Wildman–Crippen LogP) is 5.95. The summed E-state index contributed by atoms with van der Waals surface area (Å²) >= 11 is 2.29. The lowest BCUT2D eigenvalue weighted by atomic mass is 10.1. The molecule has 0 fully saturated rings. The Bertz CT molecular complexity index is 1550. The van der Waals surface area contributed by atoms with Gasteiger partial charge in [0.05, 0.1) is 5.52 Å². The Kier molecular flexibility index (Phi) is 5.09. The van der Waals surface area contributed by atoms with Crippen LogP contribution < -0.4 is 10.9 Å². The second-order valence-electron chi connectivity index (χ2n) is 7.91. The molecule has 2 N–H and O–H groups in total. The maximum absolute atomic E-state index is 13.6. The lowest BCUT2D eigenvalue weighted by Crippen LogP contribution is -2.28. The number of aromatic amines is 1. The first-order chi connectivity index (χ1) is 15.4. The average Bonchev–Trinajstić information content (AvgIpc) is 3.14. The number of H-pyrrole nitrogens is 1. The molecule has 0 spiro atoms. The molecule has 0 aliphatic heterocycles. The molecular weight excluding hydrogens is 513 g/mol. The van der Waals surface area contributed by atoms with Crippen LogP contribution in [0, 0.1) is 17.4 Å². The number of pyridine rings is 1. The van der Waals surface area contributed by atoms with Crippen molar-refractivity contribution in [2.75, 3.05) is 5.32 Å². The highest BCUT2D eigenvalue weighted by Crippen LogP contribution is 2.31. The molecule has 2 aromatic heterocycles. The Hall–Kier alpha value is -3.39. The number of fused-ring (bicyclic) bond motifs is 3. The van der Waals surface area contributed by atoms with E-state index >= 15 is 0 Å². The van der Waals surface area contributed by atoms with Crippen LogP contribution in [-0.4, -0.2) is 15.5 Å². The highest BCUT2D eigenvalue weighted by Gasteiger charge is 2.22. The van der Waals surface area contributed by atoms with Crippen molar-refractivity contribution in [2.24, 2.45) is 0 Å². The average molecular weight is 533 g/mol. The second kappa shape index (κ2) is 7.94. The summed E-state index contributed by atoms with van der Waals surface area (Å²) in [5.74, 6) is -0.438. The first-order valence-electron chi connectivity index (χ1n) is 10.2. The molecule has 0 saturated carbocycles. The summed E-state index contributed by atoms with van der Waals surface area (Å²) in [5, 5.41) is 4.72. The second-order valence-corrected chi connectivity index (χ2v) is 9.07. The van der Waals surface area contributed by atoms with Crippen LogP contribution in [0.5, 0.6) is 0 Å². The SMILES string of the molecule is Cc1ccc(NC(=O)c2c(=O)n(-c3ccc(C)cc3)cc3c2[nH]c2cccc(I)c23)cc1. The van der Waals surface area contributed by atoms with E-state index in [1.54, 1.807) is 4.57 Å². The summed E-state index contributed by atoms with van der Waals surface area (Å²) in [6.45, 7) is 3.98. The molecule has 0 aliphatic rings. The van der Waals surface area contributed by atoms with Gasteiger partial charge in [0.15, 0.2) is 0 Å². The first-order valence-corrected chi connectivity index (χ1v) is 11.3. The fourth-order valence-electron chi connectivity index (χ4n) is 3.91. The monoisotopic (exact) mass is 533 g/mol. The van der Waals surface area contributed by atoms with E-state index in [0.717, 1.165) is 31.0 Å². The van der Waals surface area contributed by atoms with E-state index in [-0.39, 0.29) is 11.1 Å². The van der Waals surface area contributed by atoms with Crippen molar-refractivity contribution in [1.29, 1.82) is 0 Å². The Morgan fingerprint density at radius 1 is 0.938 bits per heavy atom. The molecular formula is C26H20IN3O2. The van der Waals surface area contributed by atoms with E-state index in [9.17, 15) is 9.59 Å². The largest absolute Gasteiger partial charge is 0.354 e. The van der Waals surface area contributed by atoms with E-state index in [1.165, 1.54) is 0 Å². The zero-order chi connectivity index (χ0) is 22.4.